The Morgan fingerprint density at radius 2 is 1.77 bits per heavy atom. The number of likely N-dealkylation sites (N-methyl/N-ethyl adjacent to an activating group) is 1. The van der Waals surface area contributed by atoms with Gasteiger partial charge in [-0.2, -0.15) is 0 Å². The summed E-state index contributed by atoms with van der Waals surface area (Å²) in [5.41, 5.74) is 2.26. The van der Waals surface area contributed by atoms with Gasteiger partial charge in [-0.15, -0.1) is 0 Å². The number of carbonyl (C=O) groups excluding carboxylic acids is 2. The number of halogens is 2. The molecule has 0 aliphatic carbocycles. The fourth-order valence-electron chi connectivity index (χ4n) is 4.27. The quantitative estimate of drug-likeness (QED) is 0.555. The van der Waals surface area contributed by atoms with Crippen molar-refractivity contribution in [1.29, 1.82) is 0 Å². The molecular formula is C25H29F2N5O3. The summed E-state index contributed by atoms with van der Waals surface area (Å²) in [5, 5.41) is 2.82. The highest BCUT2D eigenvalue weighted by Crippen LogP contribution is 2.27. The van der Waals surface area contributed by atoms with Gasteiger partial charge >= 0.3 is 0 Å². The van der Waals surface area contributed by atoms with E-state index in [2.05, 4.69) is 15.2 Å². The Morgan fingerprint density at radius 1 is 1.11 bits per heavy atom. The van der Waals surface area contributed by atoms with Crippen LogP contribution >= 0.6 is 0 Å². The van der Waals surface area contributed by atoms with Crippen LogP contribution in [0.1, 0.15) is 19.9 Å². The van der Waals surface area contributed by atoms with E-state index in [0.717, 1.165) is 30.9 Å². The SMILES string of the molecule is CC(C)C(C(=O)N(C)CC(=O)Nc1ccc(N2CCOCC2)cc1)n1cnc2cc(F)c(F)cc21. The van der Waals surface area contributed by atoms with Crippen molar-refractivity contribution in [2.45, 2.75) is 19.9 Å². The number of hydrogen-bond acceptors (Lipinski definition) is 5. The van der Waals surface area contributed by atoms with Crippen molar-refractivity contribution in [3.63, 3.8) is 0 Å². The Labute approximate surface area is 202 Å². The Kier molecular flexibility index (Phi) is 7.30. The number of nitrogens with zero attached hydrogens (tertiary/aromatic N) is 4. The van der Waals surface area contributed by atoms with Crippen molar-refractivity contribution in [2.75, 3.05) is 50.1 Å². The Bertz CT molecular complexity index is 1210. The van der Waals surface area contributed by atoms with Crippen molar-refractivity contribution in [1.82, 2.24) is 14.5 Å². The van der Waals surface area contributed by atoms with Gasteiger partial charge in [0, 0.05) is 43.6 Å². The molecule has 1 N–H and O–H groups in total. The van der Waals surface area contributed by atoms with Crippen molar-refractivity contribution in [3.8, 4) is 0 Å². The topological polar surface area (TPSA) is 79.7 Å². The average Bonchev–Trinajstić information content (AvgIpc) is 3.22. The molecule has 4 rings (SSSR count). The van der Waals surface area contributed by atoms with Gasteiger partial charge in [-0.25, -0.2) is 13.8 Å². The first-order valence-corrected chi connectivity index (χ1v) is 11.5. The highest BCUT2D eigenvalue weighted by molar-refractivity contribution is 5.95. The molecule has 1 aromatic heterocycles. The van der Waals surface area contributed by atoms with Crippen LogP contribution in [0, 0.1) is 17.6 Å². The molecule has 2 heterocycles. The van der Waals surface area contributed by atoms with E-state index in [9.17, 15) is 18.4 Å². The lowest BCUT2D eigenvalue weighted by Crippen LogP contribution is -2.41. The second-order valence-electron chi connectivity index (χ2n) is 8.98. The van der Waals surface area contributed by atoms with E-state index in [1.807, 2.05) is 38.1 Å². The molecule has 0 saturated carbocycles. The summed E-state index contributed by atoms with van der Waals surface area (Å²) in [4.78, 5) is 33.6. The van der Waals surface area contributed by atoms with Gasteiger partial charge in [0.2, 0.25) is 11.8 Å². The van der Waals surface area contributed by atoms with Gasteiger partial charge < -0.3 is 24.4 Å². The highest BCUT2D eigenvalue weighted by atomic mass is 19.2. The molecule has 1 fully saturated rings. The minimum absolute atomic E-state index is 0.164. The van der Waals surface area contributed by atoms with Gasteiger partial charge in [-0.1, -0.05) is 13.8 Å². The molecule has 3 aromatic rings. The molecule has 10 heteroatoms. The molecule has 0 radical (unpaired) electrons. The van der Waals surface area contributed by atoms with E-state index < -0.39 is 17.7 Å². The summed E-state index contributed by atoms with van der Waals surface area (Å²) < 4.78 is 34.4. The van der Waals surface area contributed by atoms with Gasteiger partial charge in [-0.05, 0) is 30.2 Å². The second kappa shape index (κ2) is 10.4. The summed E-state index contributed by atoms with van der Waals surface area (Å²) in [6.07, 6.45) is 1.40. The summed E-state index contributed by atoms with van der Waals surface area (Å²) >= 11 is 0. The van der Waals surface area contributed by atoms with Gasteiger partial charge in [0.25, 0.3) is 0 Å². The van der Waals surface area contributed by atoms with E-state index in [-0.39, 0.29) is 29.8 Å². The predicted molar refractivity (Wildman–Crippen MR) is 129 cm³/mol. The zero-order valence-corrected chi connectivity index (χ0v) is 20.0. The fourth-order valence-corrected chi connectivity index (χ4v) is 4.27. The third kappa shape index (κ3) is 5.43. The second-order valence-corrected chi connectivity index (χ2v) is 8.98. The van der Waals surface area contributed by atoms with Crippen LogP contribution in [0.4, 0.5) is 20.2 Å². The van der Waals surface area contributed by atoms with Crippen LogP contribution in [0.25, 0.3) is 11.0 Å². The maximum absolute atomic E-state index is 13.9. The summed E-state index contributed by atoms with van der Waals surface area (Å²) in [7, 11) is 1.54. The van der Waals surface area contributed by atoms with E-state index in [1.165, 1.54) is 22.8 Å². The normalized spacial score (nSPS) is 14.9. The first-order valence-electron chi connectivity index (χ1n) is 11.5. The molecule has 1 atom stereocenters. The Hall–Kier alpha value is -3.53. The molecule has 2 amide bonds. The number of imidazole rings is 1. The fraction of sp³-hybridized carbons (Fsp3) is 0.400. The molecule has 1 aliphatic heterocycles. The van der Waals surface area contributed by atoms with Gasteiger partial charge in [-0.3, -0.25) is 9.59 Å². The first kappa shape index (κ1) is 24.6. The monoisotopic (exact) mass is 485 g/mol. The number of anilines is 2. The predicted octanol–water partition coefficient (Wildman–Crippen LogP) is 3.45. The summed E-state index contributed by atoms with van der Waals surface area (Å²) in [6, 6.07) is 8.83. The van der Waals surface area contributed by atoms with E-state index in [4.69, 9.17) is 4.74 Å². The Balaban J connectivity index is 1.42. The molecular weight excluding hydrogens is 456 g/mol. The molecule has 186 valence electrons. The van der Waals surface area contributed by atoms with Gasteiger partial charge in [0.1, 0.15) is 6.04 Å². The van der Waals surface area contributed by atoms with Crippen LogP contribution in [0.2, 0.25) is 0 Å². The number of hydrogen-bond donors (Lipinski definition) is 1. The van der Waals surface area contributed by atoms with Crippen LogP contribution in [0.15, 0.2) is 42.7 Å². The molecule has 0 spiro atoms. The molecule has 1 aliphatic rings. The van der Waals surface area contributed by atoms with E-state index in [0.29, 0.717) is 24.4 Å². The standard InChI is InChI=1S/C25H29F2N5O3/c1-16(2)24(32-15-28-21-12-19(26)20(27)13-22(21)32)25(34)30(3)14-23(33)29-17-4-6-18(7-5-17)31-8-10-35-11-9-31/h4-7,12-13,15-16,24H,8-11,14H2,1-3H3,(H,29,33). The highest BCUT2D eigenvalue weighted by Gasteiger charge is 2.29. The largest absolute Gasteiger partial charge is 0.378 e. The molecule has 1 unspecified atom stereocenters. The first-order chi connectivity index (χ1) is 16.7. The van der Waals surface area contributed by atoms with Gasteiger partial charge in [0.15, 0.2) is 11.6 Å². The smallest absolute Gasteiger partial charge is 0.246 e. The number of nitrogens with one attached hydrogen (secondary N) is 1. The maximum atomic E-state index is 13.9. The average molecular weight is 486 g/mol. The third-order valence-corrected chi connectivity index (χ3v) is 6.09. The molecule has 35 heavy (non-hydrogen) atoms. The van der Waals surface area contributed by atoms with E-state index in [1.54, 1.807) is 0 Å². The molecule has 1 saturated heterocycles. The molecule has 8 nitrogen and oxygen atoms in total. The van der Waals surface area contributed by atoms with Crippen molar-refractivity contribution in [2.24, 2.45) is 5.92 Å². The lowest BCUT2D eigenvalue weighted by molar-refractivity contribution is -0.137. The summed E-state index contributed by atoms with van der Waals surface area (Å²) in [5.74, 6) is -2.87. The van der Waals surface area contributed by atoms with E-state index >= 15 is 0 Å². The number of ether oxygens (including phenoxy) is 1. The van der Waals surface area contributed by atoms with Crippen molar-refractivity contribution in [3.05, 3.63) is 54.4 Å². The Morgan fingerprint density at radius 3 is 2.43 bits per heavy atom. The molecule has 0 bridgehead atoms. The molecule has 2 aromatic carbocycles. The van der Waals surface area contributed by atoms with Crippen LogP contribution in [-0.4, -0.2) is 66.2 Å². The minimum atomic E-state index is -1.01. The lowest BCUT2D eigenvalue weighted by Gasteiger charge is -2.29. The van der Waals surface area contributed by atoms with Crippen LogP contribution in [-0.2, 0) is 14.3 Å². The van der Waals surface area contributed by atoms with Crippen LogP contribution in [0.3, 0.4) is 0 Å². The number of carbonyl (C=O) groups is 2. The summed E-state index contributed by atoms with van der Waals surface area (Å²) in [6.45, 7) is 6.56. The number of fused-ring (bicyclic) bond motifs is 1. The number of amides is 2. The van der Waals surface area contributed by atoms with Gasteiger partial charge in [0.05, 0.1) is 37.1 Å². The van der Waals surface area contributed by atoms with Crippen molar-refractivity contribution >= 4 is 34.2 Å². The zero-order valence-electron chi connectivity index (χ0n) is 20.0. The van der Waals surface area contributed by atoms with Crippen molar-refractivity contribution < 1.29 is 23.1 Å². The minimum Gasteiger partial charge on any atom is -0.378 e. The zero-order chi connectivity index (χ0) is 25.1. The maximum Gasteiger partial charge on any atom is 0.246 e. The number of morpholine rings is 1. The van der Waals surface area contributed by atoms with Crippen LogP contribution in [0.5, 0.6) is 0 Å². The third-order valence-electron chi connectivity index (χ3n) is 6.09. The number of aromatic nitrogens is 2. The number of rotatable bonds is 7. The number of benzene rings is 2. The lowest BCUT2D eigenvalue weighted by atomic mass is 10.0. The van der Waals surface area contributed by atoms with Crippen LogP contribution < -0.4 is 10.2 Å².